The zero-order valence-corrected chi connectivity index (χ0v) is 13.9. The van der Waals surface area contributed by atoms with Crippen molar-refractivity contribution in [3.05, 3.63) is 91.0 Å². The number of benzene rings is 2. The zero-order valence-electron chi connectivity index (χ0n) is 13.9. The summed E-state index contributed by atoms with van der Waals surface area (Å²) in [7, 11) is 0. The van der Waals surface area contributed by atoms with E-state index >= 15 is 0 Å². The van der Waals surface area contributed by atoms with Crippen molar-refractivity contribution in [2.75, 3.05) is 19.7 Å². The van der Waals surface area contributed by atoms with Gasteiger partial charge in [-0.3, -0.25) is 4.79 Å². The number of carbonyl (C=O) groups excluding carboxylic acids is 1. The smallest absolute Gasteiger partial charge is 0.254 e. The number of ether oxygens (including phenoxy) is 1. The van der Waals surface area contributed by atoms with Crippen molar-refractivity contribution < 1.29 is 9.53 Å². The summed E-state index contributed by atoms with van der Waals surface area (Å²) < 4.78 is 5.74. The van der Waals surface area contributed by atoms with E-state index in [1.165, 1.54) is 5.56 Å². The van der Waals surface area contributed by atoms with Crippen LogP contribution in [0.3, 0.4) is 0 Å². The van der Waals surface area contributed by atoms with E-state index in [-0.39, 0.29) is 5.91 Å². The Hall–Kier alpha value is -2.81. The first-order valence-electron chi connectivity index (χ1n) is 8.02. The summed E-state index contributed by atoms with van der Waals surface area (Å²) in [4.78, 5) is 14.1. The van der Waals surface area contributed by atoms with E-state index in [4.69, 9.17) is 4.74 Å². The molecule has 0 saturated heterocycles. The standard InChI is InChI=1S/C21H23NO2/c1-3-15-22(16-4-2)21(23)19-10-12-20(13-11-19)24-17-14-18-8-6-5-7-9-18/h3-13H,1-2,14-17H2. The van der Waals surface area contributed by atoms with Crippen LogP contribution in [0, 0.1) is 0 Å². The van der Waals surface area contributed by atoms with Gasteiger partial charge in [0.1, 0.15) is 5.75 Å². The van der Waals surface area contributed by atoms with E-state index in [1.807, 2.05) is 30.3 Å². The van der Waals surface area contributed by atoms with E-state index in [1.54, 1.807) is 29.2 Å². The van der Waals surface area contributed by atoms with E-state index in [0.29, 0.717) is 25.3 Å². The first-order valence-corrected chi connectivity index (χ1v) is 8.02. The van der Waals surface area contributed by atoms with E-state index in [2.05, 4.69) is 25.3 Å². The lowest BCUT2D eigenvalue weighted by atomic mass is 10.1. The minimum atomic E-state index is -0.0364. The fourth-order valence-corrected chi connectivity index (χ4v) is 2.36. The minimum absolute atomic E-state index is 0.0364. The summed E-state index contributed by atoms with van der Waals surface area (Å²) >= 11 is 0. The van der Waals surface area contributed by atoms with Gasteiger partial charge in [0.15, 0.2) is 0 Å². The predicted molar refractivity (Wildman–Crippen MR) is 98.4 cm³/mol. The molecule has 0 radical (unpaired) electrons. The van der Waals surface area contributed by atoms with Crippen molar-refractivity contribution in [3.8, 4) is 5.75 Å². The third kappa shape index (κ3) is 5.13. The molecule has 3 nitrogen and oxygen atoms in total. The molecule has 0 aliphatic rings. The highest BCUT2D eigenvalue weighted by molar-refractivity contribution is 5.94. The van der Waals surface area contributed by atoms with Crippen LogP contribution in [-0.4, -0.2) is 30.5 Å². The van der Waals surface area contributed by atoms with Gasteiger partial charge in [-0.1, -0.05) is 42.5 Å². The summed E-state index contributed by atoms with van der Waals surface area (Å²) in [6, 6.07) is 17.5. The molecule has 0 N–H and O–H groups in total. The van der Waals surface area contributed by atoms with E-state index in [0.717, 1.165) is 12.2 Å². The summed E-state index contributed by atoms with van der Waals surface area (Å²) in [5, 5.41) is 0. The third-order valence-corrected chi connectivity index (χ3v) is 3.59. The van der Waals surface area contributed by atoms with Gasteiger partial charge in [0.2, 0.25) is 0 Å². The molecule has 0 spiro atoms. The van der Waals surface area contributed by atoms with E-state index < -0.39 is 0 Å². The second-order valence-electron chi connectivity index (χ2n) is 5.40. The van der Waals surface area contributed by atoms with E-state index in [9.17, 15) is 4.79 Å². The SMILES string of the molecule is C=CCN(CC=C)C(=O)c1ccc(OCCc2ccccc2)cc1. The quantitative estimate of drug-likeness (QED) is 0.650. The summed E-state index contributed by atoms with van der Waals surface area (Å²) in [5.41, 5.74) is 1.88. The topological polar surface area (TPSA) is 29.5 Å². The molecule has 2 aromatic rings. The van der Waals surface area contributed by atoms with Crippen LogP contribution in [0.2, 0.25) is 0 Å². The number of amides is 1. The second kappa shape index (κ2) is 9.36. The Labute approximate surface area is 143 Å². The molecule has 0 aliphatic heterocycles. The highest BCUT2D eigenvalue weighted by Gasteiger charge is 2.13. The maximum absolute atomic E-state index is 12.4. The number of carbonyl (C=O) groups is 1. The fourth-order valence-electron chi connectivity index (χ4n) is 2.36. The van der Waals surface area contributed by atoms with Gasteiger partial charge in [0, 0.05) is 25.1 Å². The highest BCUT2D eigenvalue weighted by Crippen LogP contribution is 2.14. The van der Waals surface area contributed by atoms with Gasteiger partial charge in [-0.25, -0.2) is 0 Å². The lowest BCUT2D eigenvalue weighted by Crippen LogP contribution is -2.31. The molecule has 0 saturated carbocycles. The molecule has 24 heavy (non-hydrogen) atoms. The Bertz CT molecular complexity index is 652. The first-order chi connectivity index (χ1) is 11.7. The average Bonchev–Trinajstić information content (AvgIpc) is 2.62. The molecule has 0 bridgehead atoms. The molecular weight excluding hydrogens is 298 g/mol. The van der Waals surface area contributed by atoms with Gasteiger partial charge < -0.3 is 9.64 Å². The predicted octanol–water partition coefficient (Wildman–Crippen LogP) is 4.12. The van der Waals surface area contributed by atoms with Crippen LogP contribution in [0.5, 0.6) is 5.75 Å². The van der Waals surface area contributed by atoms with Gasteiger partial charge in [-0.2, -0.15) is 0 Å². The maximum atomic E-state index is 12.4. The maximum Gasteiger partial charge on any atom is 0.254 e. The Kier molecular flexibility index (Phi) is 6.84. The highest BCUT2D eigenvalue weighted by atomic mass is 16.5. The van der Waals surface area contributed by atoms with Crippen molar-refractivity contribution in [1.82, 2.24) is 4.90 Å². The monoisotopic (exact) mass is 321 g/mol. The molecule has 124 valence electrons. The van der Waals surface area contributed by atoms with Crippen LogP contribution in [0.15, 0.2) is 79.9 Å². The molecule has 0 fully saturated rings. The molecule has 0 aliphatic carbocycles. The van der Waals surface area contributed by atoms with Gasteiger partial charge in [-0.05, 0) is 29.8 Å². The zero-order chi connectivity index (χ0) is 17.2. The molecule has 0 heterocycles. The van der Waals surface area contributed by atoms with Crippen LogP contribution in [-0.2, 0) is 6.42 Å². The molecule has 0 unspecified atom stereocenters. The normalized spacial score (nSPS) is 10.0. The summed E-state index contributed by atoms with van der Waals surface area (Å²) in [6.45, 7) is 8.97. The number of hydrogen-bond acceptors (Lipinski definition) is 2. The van der Waals surface area contributed by atoms with Crippen LogP contribution >= 0.6 is 0 Å². The number of nitrogens with zero attached hydrogens (tertiary/aromatic N) is 1. The first kappa shape index (κ1) is 17.5. The van der Waals surface area contributed by atoms with Crippen molar-refractivity contribution in [1.29, 1.82) is 0 Å². The molecule has 2 rings (SSSR count). The molecule has 0 atom stereocenters. The Morgan fingerprint density at radius 1 is 0.958 bits per heavy atom. The molecule has 2 aromatic carbocycles. The summed E-state index contributed by atoms with van der Waals surface area (Å²) in [6.07, 6.45) is 4.28. The largest absolute Gasteiger partial charge is 0.493 e. The lowest BCUT2D eigenvalue weighted by Gasteiger charge is -2.19. The Balaban J connectivity index is 1.90. The van der Waals surface area contributed by atoms with Gasteiger partial charge in [0.05, 0.1) is 6.61 Å². The molecule has 0 aromatic heterocycles. The van der Waals surface area contributed by atoms with Crippen molar-refractivity contribution >= 4 is 5.91 Å². The van der Waals surface area contributed by atoms with Gasteiger partial charge in [-0.15, -0.1) is 13.2 Å². The van der Waals surface area contributed by atoms with Crippen LogP contribution in [0.1, 0.15) is 15.9 Å². The summed E-state index contributed by atoms with van der Waals surface area (Å²) in [5.74, 6) is 0.729. The Morgan fingerprint density at radius 2 is 1.58 bits per heavy atom. The number of rotatable bonds is 9. The van der Waals surface area contributed by atoms with Crippen molar-refractivity contribution in [2.45, 2.75) is 6.42 Å². The molecule has 1 amide bonds. The molecule has 3 heteroatoms. The number of hydrogen-bond donors (Lipinski definition) is 0. The fraction of sp³-hybridized carbons (Fsp3) is 0.190. The minimum Gasteiger partial charge on any atom is -0.493 e. The Morgan fingerprint density at radius 3 is 2.17 bits per heavy atom. The van der Waals surface area contributed by atoms with Crippen LogP contribution in [0.25, 0.3) is 0 Å². The second-order valence-corrected chi connectivity index (χ2v) is 5.40. The van der Waals surface area contributed by atoms with Crippen molar-refractivity contribution in [2.24, 2.45) is 0 Å². The lowest BCUT2D eigenvalue weighted by molar-refractivity contribution is 0.0791. The van der Waals surface area contributed by atoms with Crippen LogP contribution < -0.4 is 4.74 Å². The average molecular weight is 321 g/mol. The third-order valence-electron chi connectivity index (χ3n) is 3.59. The molecular formula is C21H23NO2. The van der Waals surface area contributed by atoms with Crippen molar-refractivity contribution in [3.63, 3.8) is 0 Å². The van der Waals surface area contributed by atoms with Crippen LogP contribution in [0.4, 0.5) is 0 Å². The van der Waals surface area contributed by atoms with Gasteiger partial charge >= 0.3 is 0 Å². The van der Waals surface area contributed by atoms with Gasteiger partial charge in [0.25, 0.3) is 5.91 Å².